The molecule has 0 bridgehead atoms. The first kappa shape index (κ1) is 24.8. The van der Waals surface area contributed by atoms with Crippen molar-refractivity contribution in [3.8, 4) is 23.8 Å². The minimum absolute atomic E-state index is 0.0406. The van der Waals surface area contributed by atoms with Crippen LogP contribution in [0.1, 0.15) is 30.3 Å². The molecule has 4 rings (SSSR count). The van der Waals surface area contributed by atoms with Crippen LogP contribution in [0, 0.1) is 12.3 Å². The van der Waals surface area contributed by atoms with Crippen LogP contribution in [-0.2, 0) is 9.53 Å². The Balaban J connectivity index is 1.88. The van der Waals surface area contributed by atoms with E-state index in [4.69, 9.17) is 32.2 Å². The smallest absolute Gasteiger partial charge is 0.338 e. The van der Waals surface area contributed by atoms with E-state index in [9.17, 15) is 9.59 Å². The molecule has 0 radical (unpaired) electrons. The Morgan fingerprint density at radius 3 is 2.86 bits per heavy atom. The fourth-order valence-electron chi connectivity index (χ4n) is 3.74. The number of thiazole rings is 1. The minimum atomic E-state index is -0.620. The zero-order valence-electron chi connectivity index (χ0n) is 19.2. The first-order chi connectivity index (χ1) is 16.9. The van der Waals surface area contributed by atoms with Crippen molar-refractivity contribution in [2.75, 3.05) is 20.3 Å². The van der Waals surface area contributed by atoms with Gasteiger partial charge in [-0.3, -0.25) is 9.36 Å². The maximum Gasteiger partial charge on any atom is 0.338 e. The minimum Gasteiger partial charge on any atom is -0.493 e. The Bertz CT molecular complexity index is 1530. The summed E-state index contributed by atoms with van der Waals surface area (Å²) in [6, 6.07) is 6.53. The van der Waals surface area contributed by atoms with Crippen molar-refractivity contribution in [2.24, 2.45) is 4.99 Å². The van der Waals surface area contributed by atoms with E-state index >= 15 is 0 Å². The van der Waals surface area contributed by atoms with E-state index in [1.54, 1.807) is 36.6 Å². The number of terminal acetylenes is 1. The summed E-state index contributed by atoms with van der Waals surface area (Å²) in [5.41, 5.74) is 1.24. The van der Waals surface area contributed by atoms with Crippen LogP contribution in [0.4, 0.5) is 0 Å². The van der Waals surface area contributed by atoms with Gasteiger partial charge in [0.1, 0.15) is 12.6 Å². The van der Waals surface area contributed by atoms with Crippen LogP contribution < -0.4 is 24.4 Å². The highest BCUT2D eigenvalue weighted by molar-refractivity contribution is 7.10. The van der Waals surface area contributed by atoms with Crippen molar-refractivity contribution in [3.05, 3.63) is 76.1 Å². The molecule has 0 aliphatic carbocycles. The van der Waals surface area contributed by atoms with Crippen LogP contribution in [0.2, 0.25) is 5.02 Å². The zero-order valence-corrected chi connectivity index (χ0v) is 21.6. The third kappa shape index (κ3) is 4.78. The average Bonchev–Trinajstić information content (AvgIpc) is 3.46. The molecule has 0 fully saturated rings. The summed E-state index contributed by atoms with van der Waals surface area (Å²) in [6.07, 6.45) is 6.98. The van der Waals surface area contributed by atoms with Gasteiger partial charge >= 0.3 is 5.97 Å². The third-order valence-electron chi connectivity index (χ3n) is 5.18. The molecule has 10 heteroatoms. The van der Waals surface area contributed by atoms with Crippen LogP contribution in [0.5, 0.6) is 11.5 Å². The lowest BCUT2D eigenvalue weighted by Crippen LogP contribution is -2.39. The summed E-state index contributed by atoms with van der Waals surface area (Å²) in [5, 5.41) is 2.21. The number of carbonyl (C=O) groups excluding carboxylic acids is 1. The first-order valence-electron chi connectivity index (χ1n) is 10.6. The van der Waals surface area contributed by atoms with Crippen molar-refractivity contribution in [3.63, 3.8) is 0 Å². The van der Waals surface area contributed by atoms with Crippen LogP contribution in [0.3, 0.4) is 0 Å². The highest BCUT2D eigenvalue weighted by Crippen LogP contribution is 2.37. The van der Waals surface area contributed by atoms with E-state index in [0.717, 1.165) is 4.88 Å². The van der Waals surface area contributed by atoms with E-state index in [1.165, 1.54) is 29.8 Å². The monoisotopic (exact) mass is 528 g/mol. The van der Waals surface area contributed by atoms with Gasteiger partial charge in [0.2, 0.25) is 0 Å². The molecule has 1 aliphatic heterocycles. The molecule has 35 heavy (non-hydrogen) atoms. The Kier molecular flexibility index (Phi) is 7.45. The predicted molar refractivity (Wildman–Crippen MR) is 137 cm³/mol. The number of fused-ring (bicyclic) bond motifs is 1. The highest BCUT2D eigenvalue weighted by Gasteiger charge is 2.33. The Labute approximate surface area is 214 Å². The number of hydrogen-bond acceptors (Lipinski definition) is 8. The number of methoxy groups -OCH3 is 1. The number of benzene rings is 1. The van der Waals surface area contributed by atoms with Gasteiger partial charge in [-0.1, -0.05) is 34.9 Å². The van der Waals surface area contributed by atoms with E-state index in [2.05, 4.69) is 10.9 Å². The van der Waals surface area contributed by atoms with E-state index in [1.807, 2.05) is 17.5 Å². The molecular weight excluding hydrogens is 508 g/mol. The zero-order chi connectivity index (χ0) is 25.1. The molecule has 0 N–H and O–H groups in total. The van der Waals surface area contributed by atoms with Gasteiger partial charge in [0.25, 0.3) is 5.56 Å². The second-order valence-electron chi connectivity index (χ2n) is 7.34. The van der Waals surface area contributed by atoms with E-state index < -0.39 is 12.0 Å². The molecule has 3 heterocycles. The predicted octanol–water partition coefficient (Wildman–Crippen LogP) is 3.53. The van der Waals surface area contributed by atoms with Crippen LogP contribution in [-0.4, -0.2) is 30.9 Å². The van der Waals surface area contributed by atoms with Gasteiger partial charge in [0.05, 0.1) is 34.5 Å². The molecule has 2 aromatic heterocycles. The molecule has 1 aromatic carbocycles. The fourth-order valence-corrected chi connectivity index (χ4v) is 5.88. The number of carbonyl (C=O) groups is 1. The average molecular weight is 529 g/mol. The Morgan fingerprint density at radius 1 is 1.40 bits per heavy atom. The van der Waals surface area contributed by atoms with Gasteiger partial charge < -0.3 is 14.2 Å². The summed E-state index contributed by atoms with van der Waals surface area (Å²) in [4.78, 5) is 32.4. The number of esters is 1. The standard InChI is InChI=1S/C25H21ClN2O5S2/c1-5-9-33-22-16(26)11-15(12-17(22)31-4)13-19-23(29)28-21(18-8-7-10-34-18)20(24(30)32-6-2)14(3)27-25(28)35-19/h1,7-8,10-13,21H,6,9H2,2-4H3/b19-13-/t21-/m0/s1. The van der Waals surface area contributed by atoms with Crippen molar-refractivity contribution in [1.82, 2.24) is 4.57 Å². The molecule has 0 saturated carbocycles. The molecule has 0 amide bonds. The molecule has 1 aliphatic rings. The largest absolute Gasteiger partial charge is 0.493 e. The third-order valence-corrected chi connectivity index (χ3v) is 7.37. The molecule has 0 unspecified atom stereocenters. The maximum absolute atomic E-state index is 13.6. The number of hydrogen-bond donors (Lipinski definition) is 0. The van der Waals surface area contributed by atoms with Crippen molar-refractivity contribution >= 4 is 46.3 Å². The molecule has 7 nitrogen and oxygen atoms in total. The van der Waals surface area contributed by atoms with Gasteiger partial charge in [-0.05, 0) is 49.1 Å². The molecule has 0 spiro atoms. The summed E-state index contributed by atoms with van der Waals surface area (Å²) in [6.45, 7) is 3.76. The van der Waals surface area contributed by atoms with E-state index in [0.29, 0.717) is 42.7 Å². The SMILES string of the molecule is C#CCOc1c(Cl)cc(/C=c2\sc3n(c2=O)[C@@H](c2cccs2)C(C(=O)OCC)=C(C)N=3)cc1OC. The topological polar surface area (TPSA) is 79.1 Å². The fraction of sp³-hybridized carbons (Fsp3) is 0.240. The van der Waals surface area contributed by atoms with Crippen LogP contribution in [0.25, 0.3) is 6.08 Å². The summed E-state index contributed by atoms with van der Waals surface area (Å²) >= 11 is 9.09. The van der Waals surface area contributed by atoms with Gasteiger partial charge in [-0.15, -0.1) is 17.8 Å². The van der Waals surface area contributed by atoms with Crippen LogP contribution >= 0.6 is 34.3 Å². The molecule has 0 saturated heterocycles. The molecular formula is C25H21ClN2O5S2. The maximum atomic E-state index is 13.6. The van der Waals surface area contributed by atoms with Gasteiger partial charge in [-0.2, -0.15) is 0 Å². The van der Waals surface area contributed by atoms with E-state index in [-0.39, 0.29) is 18.8 Å². The quantitative estimate of drug-likeness (QED) is 0.346. The normalized spacial score (nSPS) is 15.3. The van der Waals surface area contributed by atoms with Crippen LogP contribution in [0.15, 0.2) is 50.7 Å². The summed E-state index contributed by atoms with van der Waals surface area (Å²) in [5.74, 6) is 2.63. The van der Waals surface area contributed by atoms with Gasteiger partial charge in [0, 0.05) is 4.88 Å². The Morgan fingerprint density at radius 2 is 2.20 bits per heavy atom. The lowest BCUT2D eigenvalue weighted by molar-refractivity contribution is -0.139. The molecule has 3 aromatic rings. The number of aromatic nitrogens is 1. The number of halogens is 1. The number of allylic oxidation sites excluding steroid dienone is 1. The van der Waals surface area contributed by atoms with Gasteiger partial charge in [-0.25, -0.2) is 9.79 Å². The highest BCUT2D eigenvalue weighted by atomic mass is 35.5. The second kappa shape index (κ2) is 10.5. The van der Waals surface area contributed by atoms with Crippen molar-refractivity contribution in [2.45, 2.75) is 19.9 Å². The summed E-state index contributed by atoms with van der Waals surface area (Å²) in [7, 11) is 1.49. The Hall–Kier alpha value is -3.32. The molecule has 180 valence electrons. The van der Waals surface area contributed by atoms with Gasteiger partial charge in [0.15, 0.2) is 16.3 Å². The van der Waals surface area contributed by atoms with Crippen molar-refractivity contribution < 1.29 is 19.0 Å². The van der Waals surface area contributed by atoms with Crippen molar-refractivity contribution in [1.29, 1.82) is 0 Å². The number of rotatable bonds is 7. The number of ether oxygens (including phenoxy) is 3. The first-order valence-corrected chi connectivity index (χ1v) is 12.6. The number of nitrogens with zero attached hydrogens (tertiary/aromatic N) is 2. The second-order valence-corrected chi connectivity index (χ2v) is 9.74. The summed E-state index contributed by atoms with van der Waals surface area (Å²) < 4.78 is 18.2. The molecule has 1 atom stereocenters. The lowest BCUT2D eigenvalue weighted by Gasteiger charge is -2.23. The number of thiophene rings is 1. The lowest BCUT2D eigenvalue weighted by atomic mass is 10.0.